The Morgan fingerprint density at radius 2 is 2.11 bits per heavy atom. The third kappa shape index (κ3) is 5.18. The normalized spacial score (nSPS) is 13.3. The van der Waals surface area contributed by atoms with Crippen molar-refractivity contribution in [3.8, 4) is 0 Å². The van der Waals surface area contributed by atoms with Crippen LogP contribution in [-0.2, 0) is 4.74 Å². The molecule has 0 fully saturated rings. The van der Waals surface area contributed by atoms with E-state index in [1.54, 1.807) is 12.1 Å². The summed E-state index contributed by atoms with van der Waals surface area (Å²) in [5.41, 5.74) is 6.84. The molecule has 0 amide bonds. The smallest absolute Gasteiger partial charge is 0.137 e. The van der Waals surface area contributed by atoms with Crippen LogP contribution in [0, 0.1) is 5.82 Å². The van der Waals surface area contributed by atoms with E-state index in [-0.39, 0.29) is 18.0 Å². The van der Waals surface area contributed by atoms with Gasteiger partial charge in [-0.1, -0.05) is 6.07 Å². The highest BCUT2D eigenvalue weighted by Crippen LogP contribution is 2.24. The fourth-order valence-electron chi connectivity index (χ4n) is 1.88. The van der Waals surface area contributed by atoms with Gasteiger partial charge in [0.05, 0.1) is 17.2 Å². The second-order valence-corrected chi connectivity index (χ2v) is 5.68. The van der Waals surface area contributed by atoms with Crippen molar-refractivity contribution in [2.45, 2.75) is 26.0 Å². The predicted octanol–water partition coefficient (Wildman–Crippen LogP) is 2.94. The van der Waals surface area contributed by atoms with Gasteiger partial charge in [0.1, 0.15) is 5.82 Å². The largest absolute Gasteiger partial charge is 0.377 e. The second kappa shape index (κ2) is 7.94. The van der Waals surface area contributed by atoms with E-state index in [9.17, 15) is 4.39 Å². The van der Waals surface area contributed by atoms with Gasteiger partial charge in [-0.2, -0.15) is 0 Å². The highest BCUT2D eigenvalue weighted by molar-refractivity contribution is 9.10. The van der Waals surface area contributed by atoms with Crippen LogP contribution in [-0.4, -0.2) is 37.7 Å². The van der Waals surface area contributed by atoms with Crippen LogP contribution in [0.4, 0.5) is 4.39 Å². The first-order valence-corrected chi connectivity index (χ1v) is 7.21. The van der Waals surface area contributed by atoms with Gasteiger partial charge in [-0.15, -0.1) is 0 Å². The minimum absolute atomic E-state index is 0.0627. The van der Waals surface area contributed by atoms with Crippen LogP contribution in [0.5, 0.6) is 0 Å². The van der Waals surface area contributed by atoms with Crippen molar-refractivity contribution in [2.75, 3.05) is 26.7 Å². The van der Waals surface area contributed by atoms with Gasteiger partial charge in [-0.3, -0.25) is 4.90 Å². The summed E-state index contributed by atoms with van der Waals surface area (Å²) < 4.78 is 19.2. The Kier molecular flexibility index (Phi) is 6.93. The molecule has 0 radical (unpaired) electrons. The van der Waals surface area contributed by atoms with Crippen LogP contribution in [0.2, 0.25) is 0 Å². The molecule has 1 unspecified atom stereocenters. The van der Waals surface area contributed by atoms with Gasteiger partial charge in [-0.05, 0) is 54.5 Å². The summed E-state index contributed by atoms with van der Waals surface area (Å²) in [4.78, 5) is 2.13. The summed E-state index contributed by atoms with van der Waals surface area (Å²) in [5, 5.41) is 0. The molecule has 1 aromatic carbocycles. The van der Waals surface area contributed by atoms with Crippen molar-refractivity contribution in [3.63, 3.8) is 0 Å². The van der Waals surface area contributed by atoms with E-state index >= 15 is 0 Å². The average molecular weight is 333 g/mol. The minimum atomic E-state index is -0.259. The Morgan fingerprint density at radius 3 is 2.63 bits per heavy atom. The van der Waals surface area contributed by atoms with E-state index in [1.807, 2.05) is 20.9 Å². The van der Waals surface area contributed by atoms with Crippen LogP contribution in [0.1, 0.15) is 25.5 Å². The van der Waals surface area contributed by atoms with Crippen LogP contribution < -0.4 is 5.73 Å². The molecule has 1 atom stereocenters. The van der Waals surface area contributed by atoms with Gasteiger partial charge in [0.2, 0.25) is 0 Å². The number of nitrogens with zero attached hydrogens (tertiary/aromatic N) is 1. The third-order valence-electron chi connectivity index (χ3n) is 2.98. The number of hydrogen-bond donors (Lipinski definition) is 1. The van der Waals surface area contributed by atoms with Gasteiger partial charge in [0.15, 0.2) is 0 Å². The van der Waals surface area contributed by atoms with Gasteiger partial charge in [0, 0.05) is 19.1 Å². The molecular weight excluding hydrogens is 311 g/mol. The van der Waals surface area contributed by atoms with E-state index in [2.05, 4.69) is 20.8 Å². The first kappa shape index (κ1) is 16.6. The Labute approximate surface area is 123 Å². The Hall–Kier alpha value is -0.490. The minimum Gasteiger partial charge on any atom is -0.377 e. The molecule has 0 bridgehead atoms. The maximum absolute atomic E-state index is 13.2. The summed E-state index contributed by atoms with van der Waals surface area (Å²) in [5.74, 6) is -0.259. The standard InChI is InChI=1S/C14H22BrFN2O/c1-10(2)19-7-6-18(3)14(9-17)11-4-5-13(16)12(15)8-11/h4-5,8,10,14H,6-7,9,17H2,1-3H3. The number of rotatable bonds is 7. The maximum atomic E-state index is 13.2. The molecule has 5 heteroatoms. The van der Waals surface area contributed by atoms with Crippen molar-refractivity contribution in [1.82, 2.24) is 4.90 Å². The molecule has 0 aliphatic rings. The molecule has 1 rings (SSSR count). The molecule has 0 aliphatic heterocycles. The van der Waals surface area contributed by atoms with Gasteiger partial charge < -0.3 is 10.5 Å². The number of halogens is 2. The van der Waals surface area contributed by atoms with Crippen molar-refractivity contribution in [3.05, 3.63) is 34.1 Å². The van der Waals surface area contributed by atoms with Crippen LogP contribution in [0.3, 0.4) is 0 Å². The first-order valence-electron chi connectivity index (χ1n) is 6.42. The first-order chi connectivity index (χ1) is 8.95. The van der Waals surface area contributed by atoms with E-state index < -0.39 is 0 Å². The zero-order valence-corrected chi connectivity index (χ0v) is 13.3. The monoisotopic (exact) mass is 332 g/mol. The van der Waals surface area contributed by atoms with Crippen molar-refractivity contribution < 1.29 is 9.13 Å². The van der Waals surface area contributed by atoms with Crippen LogP contribution >= 0.6 is 15.9 Å². The van der Waals surface area contributed by atoms with Gasteiger partial charge >= 0.3 is 0 Å². The number of likely N-dealkylation sites (N-methyl/N-ethyl adjacent to an activating group) is 1. The molecule has 0 aliphatic carbocycles. The Morgan fingerprint density at radius 1 is 1.42 bits per heavy atom. The zero-order chi connectivity index (χ0) is 14.4. The molecule has 0 heterocycles. The number of benzene rings is 1. The fourth-order valence-corrected chi connectivity index (χ4v) is 2.27. The number of ether oxygens (including phenoxy) is 1. The number of nitrogens with two attached hydrogens (primary N) is 1. The second-order valence-electron chi connectivity index (χ2n) is 4.83. The third-order valence-corrected chi connectivity index (χ3v) is 3.59. The fraction of sp³-hybridized carbons (Fsp3) is 0.571. The highest BCUT2D eigenvalue weighted by Gasteiger charge is 2.16. The maximum Gasteiger partial charge on any atom is 0.137 e. The van der Waals surface area contributed by atoms with E-state index in [0.29, 0.717) is 17.6 Å². The summed E-state index contributed by atoms with van der Waals surface area (Å²) in [7, 11) is 2.00. The lowest BCUT2D eigenvalue weighted by molar-refractivity contribution is 0.0564. The number of hydrogen-bond acceptors (Lipinski definition) is 3. The molecule has 0 aromatic heterocycles. The van der Waals surface area contributed by atoms with Crippen LogP contribution in [0.25, 0.3) is 0 Å². The molecular formula is C14H22BrFN2O. The molecule has 2 N–H and O–H groups in total. The molecule has 1 aromatic rings. The Balaban J connectivity index is 2.67. The van der Waals surface area contributed by atoms with Crippen molar-refractivity contribution in [1.29, 1.82) is 0 Å². The highest BCUT2D eigenvalue weighted by atomic mass is 79.9. The summed E-state index contributed by atoms with van der Waals surface area (Å²) in [6.07, 6.45) is 0.227. The van der Waals surface area contributed by atoms with Crippen molar-refractivity contribution in [2.24, 2.45) is 5.73 Å². The van der Waals surface area contributed by atoms with E-state index in [4.69, 9.17) is 10.5 Å². The Bertz CT molecular complexity index is 401. The lowest BCUT2D eigenvalue weighted by Crippen LogP contribution is -2.33. The molecule has 19 heavy (non-hydrogen) atoms. The lowest BCUT2D eigenvalue weighted by atomic mass is 10.1. The van der Waals surface area contributed by atoms with Gasteiger partial charge in [0.25, 0.3) is 0 Å². The summed E-state index contributed by atoms with van der Waals surface area (Å²) in [6.45, 7) is 5.95. The summed E-state index contributed by atoms with van der Waals surface area (Å²) in [6, 6.07) is 5.08. The molecule has 108 valence electrons. The SMILES string of the molecule is CC(C)OCCN(C)C(CN)c1ccc(F)c(Br)c1. The quantitative estimate of drug-likeness (QED) is 0.834. The van der Waals surface area contributed by atoms with Gasteiger partial charge in [-0.25, -0.2) is 4.39 Å². The molecule has 0 saturated carbocycles. The van der Waals surface area contributed by atoms with E-state index in [1.165, 1.54) is 6.07 Å². The summed E-state index contributed by atoms with van der Waals surface area (Å²) >= 11 is 3.21. The van der Waals surface area contributed by atoms with Crippen molar-refractivity contribution >= 4 is 15.9 Å². The topological polar surface area (TPSA) is 38.5 Å². The molecule has 0 spiro atoms. The molecule has 3 nitrogen and oxygen atoms in total. The van der Waals surface area contributed by atoms with Crippen LogP contribution in [0.15, 0.2) is 22.7 Å². The zero-order valence-electron chi connectivity index (χ0n) is 11.7. The lowest BCUT2D eigenvalue weighted by Gasteiger charge is -2.27. The van der Waals surface area contributed by atoms with E-state index in [0.717, 1.165) is 12.1 Å². The predicted molar refractivity (Wildman–Crippen MR) is 79.6 cm³/mol. The molecule has 0 saturated heterocycles. The average Bonchev–Trinajstić information content (AvgIpc) is 2.34.